The quantitative estimate of drug-likeness (QED) is 0.625. The molecule has 0 unspecified atom stereocenters. The highest BCUT2D eigenvalue weighted by atomic mass is 32.1. The number of aliphatic hydroxyl groups excluding tert-OH is 1. The van der Waals surface area contributed by atoms with E-state index in [2.05, 4.69) is 10.1 Å². The van der Waals surface area contributed by atoms with E-state index in [-0.39, 0.29) is 31.1 Å². The molecular formula is C22H23N3O4S. The van der Waals surface area contributed by atoms with Crippen molar-refractivity contribution in [2.45, 2.75) is 44.8 Å². The van der Waals surface area contributed by atoms with Gasteiger partial charge in [0.2, 0.25) is 5.91 Å². The highest BCUT2D eigenvalue weighted by Gasteiger charge is 2.38. The topological polar surface area (TPSA) is 96.5 Å². The largest absolute Gasteiger partial charge is 0.391 e. The lowest BCUT2D eigenvalue weighted by atomic mass is 10.0. The predicted molar refractivity (Wildman–Crippen MR) is 112 cm³/mol. The van der Waals surface area contributed by atoms with Crippen LogP contribution in [0.15, 0.2) is 46.6 Å². The number of likely N-dealkylation sites (tertiary alicyclic amines) is 1. The van der Waals surface area contributed by atoms with Crippen LogP contribution in [0.2, 0.25) is 0 Å². The molecule has 0 bridgehead atoms. The molecular weight excluding hydrogens is 402 g/mol. The summed E-state index contributed by atoms with van der Waals surface area (Å²) in [6.07, 6.45) is 2.39. The van der Waals surface area contributed by atoms with Gasteiger partial charge in [0.25, 0.3) is 0 Å². The molecule has 1 amide bonds. The number of rotatable bonds is 7. The van der Waals surface area contributed by atoms with Crippen LogP contribution in [0.25, 0.3) is 10.4 Å². The van der Waals surface area contributed by atoms with Gasteiger partial charge in [-0.25, -0.2) is 0 Å². The van der Waals surface area contributed by atoms with E-state index in [9.17, 15) is 14.7 Å². The van der Waals surface area contributed by atoms with Crippen molar-refractivity contribution in [3.8, 4) is 10.4 Å². The van der Waals surface area contributed by atoms with Gasteiger partial charge in [0.05, 0.1) is 34.6 Å². The Balaban J connectivity index is 1.36. The zero-order chi connectivity index (χ0) is 21.1. The second-order valence-corrected chi connectivity index (χ2v) is 8.48. The maximum absolute atomic E-state index is 12.8. The van der Waals surface area contributed by atoms with Gasteiger partial charge in [0.15, 0.2) is 5.78 Å². The van der Waals surface area contributed by atoms with E-state index in [0.717, 1.165) is 16.0 Å². The summed E-state index contributed by atoms with van der Waals surface area (Å²) in [7, 11) is 0. The molecule has 1 aromatic carbocycles. The number of carbonyl (C=O) groups is 2. The number of carbonyl (C=O) groups excluding carboxylic acids is 2. The van der Waals surface area contributed by atoms with Gasteiger partial charge < -0.3 is 14.5 Å². The van der Waals surface area contributed by atoms with Crippen LogP contribution in [0.4, 0.5) is 0 Å². The number of hydrogen-bond donors (Lipinski definition) is 1. The van der Waals surface area contributed by atoms with Crippen LogP contribution in [-0.4, -0.2) is 50.5 Å². The Kier molecular flexibility index (Phi) is 6.06. The summed E-state index contributed by atoms with van der Waals surface area (Å²) in [5.74, 6) is 0.210. The smallest absolute Gasteiger partial charge is 0.231 e. The molecule has 1 fully saturated rings. The number of aromatic nitrogens is 2. The van der Waals surface area contributed by atoms with Gasteiger partial charge in [-0.05, 0) is 24.5 Å². The van der Waals surface area contributed by atoms with Gasteiger partial charge in [-0.15, -0.1) is 11.3 Å². The van der Waals surface area contributed by atoms with Crippen LogP contribution in [0.3, 0.4) is 0 Å². The molecule has 0 saturated carbocycles. The van der Waals surface area contributed by atoms with Crippen LogP contribution in [0.5, 0.6) is 0 Å². The lowest BCUT2D eigenvalue weighted by Crippen LogP contribution is -2.41. The molecule has 1 saturated heterocycles. The average molecular weight is 426 g/mol. The number of nitrogens with zero attached hydrogens (tertiary/aromatic N) is 3. The Hall–Kier alpha value is -2.84. The molecule has 7 nitrogen and oxygen atoms in total. The van der Waals surface area contributed by atoms with Crippen LogP contribution >= 0.6 is 11.3 Å². The number of thiazole rings is 1. The minimum absolute atomic E-state index is 0.0276. The summed E-state index contributed by atoms with van der Waals surface area (Å²) < 4.78 is 5.11. The molecule has 3 heterocycles. The standard InChI is InChI=1S/C22H23N3O4S/c1-14-8-18(29-24-14)10-22(28)25-12-17(26)9-19(25)20(27)7-4-15-2-5-16(6-3-15)21-11-23-13-30-21/h2-3,5-6,8,11,13,17,19,26H,4,7,9-10,12H2,1H3/t17-,19+/m1/s1. The van der Waals surface area contributed by atoms with Crippen molar-refractivity contribution in [1.82, 2.24) is 15.0 Å². The van der Waals surface area contributed by atoms with Crippen LogP contribution < -0.4 is 0 Å². The molecule has 0 spiro atoms. The Labute approximate surface area is 178 Å². The third-order valence-corrected chi connectivity index (χ3v) is 6.13. The van der Waals surface area contributed by atoms with Crippen LogP contribution in [-0.2, 0) is 22.4 Å². The molecule has 2 atom stereocenters. The monoisotopic (exact) mass is 425 g/mol. The van der Waals surface area contributed by atoms with E-state index in [1.807, 2.05) is 30.5 Å². The van der Waals surface area contributed by atoms with Gasteiger partial charge in [0, 0.05) is 31.6 Å². The van der Waals surface area contributed by atoms with Gasteiger partial charge in [0.1, 0.15) is 5.76 Å². The first-order chi connectivity index (χ1) is 14.5. The number of amides is 1. The lowest BCUT2D eigenvalue weighted by Gasteiger charge is -2.23. The molecule has 30 heavy (non-hydrogen) atoms. The van der Waals surface area contributed by atoms with Crippen molar-refractivity contribution < 1.29 is 19.2 Å². The molecule has 0 radical (unpaired) electrons. The van der Waals surface area contributed by atoms with Gasteiger partial charge in [-0.2, -0.15) is 0 Å². The van der Waals surface area contributed by atoms with Crippen molar-refractivity contribution in [2.75, 3.05) is 6.54 Å². The van der Waals surface area contributed by atoms with Crippen LogP contribution in [0.1, 0.15) is 29.9 Å². The normalized spacial score (nSPS) is 18.7. The zero-order valence-electron chi connectivity index (χ0n) is 16.7. The SMILES string of the molecule is Cc1cc(CC(=O)N2C[C@H](O)C[C@H]2C(=O)CCc2ccc(-c3cncs3)cc2)on1. The molecule has 2 aromatic heterocycles. The van der Waals surface area contributed by atoms with E-state index in [4.69, 9.17) is 4.52 Å². The van der Waals surface area contributed by atoms with Gasteiger partial charge >= 0.3 is 0 Å². The molecule has 156 valence electrons. The van der Waals surface area contributed by atoms with Gasteiger partial charge in [-0.3, -0.25) is 14.6 Å². The molecule has 4 rings (SSSR count). The first-order valence-electron chi connectivity index (χ1n) is 9.90. The number of hydrogen-bond acceptors (Lipinski definition) is 7. The van der Waals surface area contributed by atoms with Crippen molar-refractivity contribution in [1.29, 1.82) is 0 Å². The Bertz CT molecular complexity index is 1010. The summed E-state index contributed by atoms with van der Waals surface area (Å²) in [5, 5.41) is 13.8. The molecule has 0 aliphatic carbocycles. The van der Waals surface area contributed by atoms with Crippen molar-refractivity contribution in [3.05, 3.63) is 59.1 Å². The van der Waals surface area contributed by atoms with Gasteiger partial charge in [-0.1, -0.05) is 29.4 Å². The molecule has 1 aliphatic rings. The molecule has 1 N–H and O–H groups in total. The van der Waals surface area contributed by atoms with Crippen LogP contribution in [0, 0.1) is 6.92 Å². The maximum atomic E-state index is 12.8. The minimum atomic E-state index is -0.682. The number of benzene rings is 1. The Morgan fingerprint density at radius 1 is 1.30 bits per heavy atom. The highest BCUT2D eigenvalue weighted by molar-refractivity contribution is 7.13. The zero-order valence-corrected chi connectivity index (χ0v) is 17.5. The average Bonchev–Trinajstić information content (AvgIpc) is 3.48. The Morgan fingerprint density at radius 3 is 2.77 bits per heavy atom. The highest BCUT2D eigenvalue weighted by Crippen LogP contribution is 2.25. The number of aryl methyl sites for hydroxylation is 2. The second kappa shape index (κ2) is 8.89. The number of ketones is 1. The summed E-state index contributed by atoms with van der Waals surface area (Å²) >= 11 is 1.58. The number of β-amino-alcohol motifs (C(OH)–C–C–N with tert-alkyl or cyclic N) is 1. The molecule has 3 aromatic rings. The van der Waals surface area contributed by atoms with E-state index < -0.39 is 12.1 Å². The van der Waals surface area contributed by atoms with E-state index >= 15 is 0 Å². The predicted octanol–water partition coefficient (Wildman–Crippen LogP) is 2.81. The second-order valence-electron chi connectivity index (χ2n) is 7.59. The van der Waals surface area contributed by atoms with E-state index in [1.54, 1.807) is 29.8 Å². The fourth-order valence-electron chi connectivity index (χ4n) is 3.77. The third-order valence-electron chi connectivity index (χ3n) is 5.30. The van der Waals surface area contributed by atoms with Crippen molar-refractivity contribution in [2.24, 2.45) is 0 Å². The summed E-state index contributed by atoms with van der Waals surface area (Å²) in [6, 6.07) is 9.20. The van der Waals surface area contributed by atoms with E-state index in [0.29, 0.717) is 24.3 Å². The summed E-state index contributed by atoms with van der Waals surface area (Å²) in [5.41, 5.74) is 4.67. The fourth-order valence-corrected chi connectivity index (χ4v) is 4.40. The number of aliphatic hydroxyl groups is 1. The first kappa shape index (κ1) is 20.4. The summed E-state index contributed by atoms with van der Waals surface area (Å²) in [6.45, 7) is 1.96. The Morgan fingerprint density at radius 2 is 2.10 bits per heavy atom. The maximum Gasteiger partial charge on any atom is 0.231 e. The number of Topliss-reactive ketones (excluding diaryl/α,β-unsaturated/α-hetero) is 1. The molecule has 8 heteroatoms. The van der Waals surface area contributed by atoms with Crippen molar-refractivity contribution in [3.63, 3.8) is 0 Å². The third kappa shape index (κ3) is 4.66. The lowest BCUT2D eigenvalue weighted by molar-refractivity contribution is -0.137. The van der Waals surface area contributed by atoms with Crippen molar-refractivity contribution >= 4 is 23.0 Å². The molecule has 1 aliphatic heterocycles. The summed E-state index contributed by atoms with van der Waals surface area (Å²) in [4.78, 5) is 32.2. The fraction of sp³-hybridized carbons (Fsp3) is 0.364. The minimum Gasteiger partial charge on any atom is -0.391 e. The van der Waals surface area contributed by atoms with E-state index in [1.165, 1.54) is 4.90 Å². The first-order valence-corrected chi connectivity index (χ1v) is 10.8.